The minimum atomic E-state index is -0.0894. The van der Waals surface area contributed by atoms with E-state index in [1.165, 1.54) is 13.4 Å². The Bertz CT molecular complexity index is 785. The van der Waals surface area contributed by atoms with E-state index in [0.717, 1.165) is 0 Å². The molecule has 0 bridgehead atoms. The third-order valence-corrected chi connectivity index (χ3v) is 2.93. The zero-order valence-corrected chi connectivity index (χ0v) is 9.94. The van der Waals surface area contributed by atoms with Gasteiger partial charge in [-0.1, -0.05) is 0 Å². The Morgan fingerprint density at radius 3 is 2.56 bits per heavy atom. The van der Waals surface area contributed by atoms with Gasteiger partial charge < -0.3 is 18.9 Å². The summed E-state index contributed by atoms with van der Waals surface area (Å²) in [6, 6.07) is 5.03. The van der Waals surface area contributed by atoms with Crippen LogP contribution in [0.4, 0.5) is 0 Å². The number of H-pyrrole nitrogens is 1. The topological polar surface area (TPSA) is 64.5 Å². The highest BCUT2D eigenvalue weighted by Crippen LogP contribution is 2.30. The van der Waals surface area contributed by atoms with Crippen molar-refractivity contribution in [2.75, 3.05) is 14.2 Å². The van der Waals surface area contributed by atoms with Gasteiger partial charge in [-0.15, -0.1) is 0 Å². The van der Waals surface area contributed by atoms with Gasteiger partial charge >= 0.3 is 0 Å². The summed E-state index contributed by atoms with van der Waals surface area (Å²) >= 11 is 0. The van der Waals surface area contributed by atoms with Crippen LogP contribution in [0.2, 0.25) is 0 Å². The molecular weight excluding hydrogens is 234 g/mol. The van der Waals surface area contributed by atoms with Crippen molar-refractivity contribution in [2.45, 2.75) is 0 Å². The molecule has 1 aromatic carbocycles. The van der Waals surface area contributed by atoms with Crippen LogP contribution >= 0.6 is 0 Å². The van der Waals surface area contributed by atoms with Crippen molar-refractivity contribution in [1.29, 1.82) is 0 Å². The van der Waals surface area contributed by atoms with Crippen LogP contribution in [0.1, 0.15) is 0 Å². The fourth-order valence-corrected chi connectivity index (χ4v) is 2.02. The van der Waals surface area contributed by atoms with Gasteiger partial charge in [0.25, 0.3) is 0 Å². The second-order valence-electron chi connectivity index (χ2n) is 3.87. The number of methoxy groups -OCH3 is 2. The molecule has 5 heteroatoms. The quantitative estimate of drug-likeness (QED) is 0.752. The standard InChI is InChI=1S/C13H11NO4/c1-16-10-5-8-9(6-11(10)17-2)14-13-7(12(8)15)3-4-18-13/h3-6H,1-2H3,(H,14,15). The summed E-state index contributed by atoms with van der Waals surface area (Å²) in [5, 5.41) is 1.07. The molecule has 1 N–H and O–H groups in total. The SMILES string of the molecule is COc1cc2[nH]c3occc3c(=O)c2cc1OC. The number of hydrogen-bond donors (Lipinski definition) is 1. The van der Waals surface area contributed by atoms with Crippen LogP contribution in [-0.4, -0.2) is 19.2 Å². The lowest BCUT2D eigenvalue weighted by Gasteiger charge is -2.08. The molecule has 3 aromatic rings. The van der Waals surface area contributed by atoms with Crippen LogP contribution in [0.5, 0.6) is 11.5 Å². The Morgan fingerprint density at radius 2 is 1.83 bits per heavy atom. The molecule has 0 unspecified atom stereocenters. The molecule has 0 aliphatic rings. The van der Waals surface area contributed by atoms with Crippen molar-refractivity contribution < 1.29 is 13.9 Å². The van der Waals surface area contributed by atoms with Crippen molar-refractivity contribution in [1.82, 2.24) is 4.98 Å². The monoisotopic (exact) mass is 245 g/mol. The van der Waals surface area contributed by atoms with E-state index in [-0.39, 0.29) is 5.43 Å². The number of nitrogens with one attached hydrogen (secondary N) is 1. The zero-order chi connectivity index (χ0) is 12.7. The normalized spacial score (nSPS) is 11.0. The number of ether oxygens (including phenoxy) is 2. The summed E-state index contributed by atoms with van der Waals surface area (Å²) in [6.45, 7) is 0. The summed E-state index contributed by atoms with van der Waals surface area (Å²) in [6.07, 6.45) is 1.48. The highest BCUT2D eigenvalue weighted by molar-refractivity contribution is 5.92. The maximum absolute atomic E-state index is 12.2. The number of furan rings is 1. The first-order valence-corrected chi connectivity index (χ1v) is 5.40. The molecule has 0 spiro atoms. The van der Waals surface area contributed by atoms with E-state index in [4.69, 9.17) is 13.9 Å². The largest absolute Gasteiger partial charge is 0.493 e. The van der Waals surface area contributed by atoms with Gasteiger partial charge in [0.2, 0.25) is 11.1 Å². The molecule has 18 heavy (non-hydrogen) atoms. The highest BCUT2D eigenvalue weighted by atomic mass is 16.5. The fraction of sp³-hybridized carbons (Fsp3) is 0.154. The summed E-state index contributed by atoms with van der Waals surface area (Å²) < 4.78 is 15.6. The molecule has 0 atom stereocenters. The molecule has 0 aliphatic heterocycles. The van der Waals surface area contributed by atoms with E-state index in [2.05, 4.69) is 4.98 Å². The number of hydrogen-bond acceptors (Lipinski definition) is 4. The number of fused-ring (bicyclic) bond motifs is 2. The lowest BCUT2D eigenvalue weighted by atomic mass is 10.1. The van der Waals surface area contributed by atoms with Gasteiger partial charge in [0.05, 0.1) is 36.8 Å². The van der Waals surface area contributed by atoms with Gasteiger partial charge in [-0.25, -0.2) is 0 Å². The molecule has 0 radical (unpaired) electrons. The summed E-state index contributed by atoms with van der Waals surface area (Å²) in [7, 11) is 3.08. The Balaban J connectivity index is 2.48. The van der Waals surface area contributed by atoms with Crippen LogP contribution in [0, 0.1) is 0 Å². The Kier molecular flexibility index (Phi) is 2.26. The molecule has 5 nitrogen and oxygen atoms in total. The predicted octanol–water partition coefficient (Wildman–Crippen LogP) is 2.29. The van der Waals surface area contributed by atoms with E-state index < -0.39 is 0 Å². The Hall–Kier alpha value is -2.43. The molecule has 0 saturated carbocycles. The highest BCUT2D eigenvalue weighted by Gasteiger charge is 2.12. The van der Waals surface area contributed by atoms with Gasteiger partial charge in [0, 0.05) is 6.07 Å². The van der Waals surface area contributed by atoms with Crippen molar-refractivity contribution in [2.24, 2.45) is 0 Å². The average molecular weight is 245 g/mol. The van der Waals surface area contributed by atoms with E-state index in [9.17, 15) is 4.79 Å². The van der Waals surface area contributed by atoms with Gasteiger partial charge in [0.1, 0.15) is 0 Å². The van der Waals surface area contributed by atoms with Crippen LogP contribution in [0.15, 0.2) is 33.7 Å². The van der Waals surface area contributed by atoms with Gasteiger partial charge in [-0.2, -0.15) is 0 Å². The number of rotatable bonds is 2. The van der Waals surface area contributed by atoms with E-state index in [0.29, 0.717) is 33.5 Å². The minimum Gasteiger partial charge on any atom is -0.493 e. The maximum atomic E-state index is 12.2. The first-order chi connectivity index (χ1) is 8.74. The van der Waals surface area contributed by atoms with Crippen LogP contribution < -0.4 is 14.9 Å². The second kappa shape index (κ2) is 3.80. The second-order valence-corrected chi connectivity index (χ2v) is 3.87. The molecule has 0 amide bonds. The molecule has 92 valence electrons. The number of benzene rings is 1. The first kappa shape index (κ1) is 10.7. The molecule has 2 heterocycles. The van der Waals surface area contributed by atoms with Crippen molar-refractivity contribution in [3.05, 3.63) is 34.7 Å². The lowest BCUT2D eigenvalue weighted by molar-refractivity contribution is 0.356. The number of pyridine rings is 1. The summed E-state index contributed by atoms with van der Waals surface area (Å²) in [5.41, 5.74) is 1.02. The zero-order valence-electron chi connectivity index (χ0n) is 9.94. The van der Waals surface area contributed by atoms with Gasteiger partial charge in [-0.05, 0) is 12.1 Å². The van der Waals surface area contributed by atoms with Crippen LogP contribution in [0.25, 0.3) is 22.0 Å². The van der Waals surface area contributed by atoms with Crippen molar-refractivity contribution in [3.8, 4) is 11.5 Å². The minimum absolute atomic E-state index is 0.0894. The average Bonchev–Trinajstić information content (AvgIpc) is 2.86. The number of aromatic amines is 1. The molecule has 2 aromatic heterocycles. The first-order valence-electron chi connectivity index (χ1n) is 5.40. The fourth-order valence-electron chi connectivity index (χ4n) is 2.02. The predicted molar refractivity (Wildman–Crippen MR) is 67.4 cm³/mol. The number of aromatic nitrogens is 1. The molecule has 3 rings (SSSR count). The summed E-state index contributed by atoms with van der Waals surface area (Å²) in [4.78, 5) is 15.3. The molecule has 0 saturated heterocycles. The van der Waals surface area contributed by atoms with E-state index >= 15 is 0 Å². The smallest absolute Gasteiger partial charge is 0.208 e. The van der Waals surface area contributed by atoms with Crippen LogP contribution in [0.3, 0.4) is 0 Å². The lowest BCUT2D eigenvalue weighted by Crippen LogP contribution is -2.03. The Morgan fingerprint density at radius 1 is 1.11 bits per heavy atom. The molecule has 0 aliphatic carbocycles. The van der Waals surface area contributed by atoms with Gasteiger partial charge in [-0.3, -0.25) is 4.79 Å². The van der Waals surface area contributed by atoms with Gasteiger partial charge in [0.15, 0.2) is 11.5 Å². The summed E-state index contributed by atoms with van der Waals surface area (Å²) in [5.74, 6) is 1.09. The third-order valence-electron chi connectivity index (χ3n) is 2.93. The maximum Gasteiger partial charge on any atom is 0.208 e. The van der Waals surface area contributed by atoms with E-state index in [1.807, 2.05) is 0 Å². The van der Waals surface area contributed by atoms with Crippen LogP contribution in [-0.2, 0) is 0 Å². The van der Waals surface area contributed by atoms with E-state index in [1.54, 1.807) is 25.3 Å². The molecular formula is C13H11NO4. The van der Waals surface area contributed by atoms with Crippen molar-refractivity contribution >= 4 is 22.0 Å². The third kappa shape index (κ3) is 1.37. The molecule has 0 fully saturated rings. The Labute approximate surface area is 102 Å². The van der Waals surface area contributed by atoms with Crippen molar-refractivity contribution in [3.63, 3.8) is 0 Å².